The fourth-order valence-electron chi connectivity index (χ4n) is 4.24. The van der Waals surface area contributed by atoms with E-state index >= 15 is 0 Å². The van der Waals surface area contributed by atoms with Crippen LogP contribution in [0.2, 0.25) is 0 Å². The second-order valence-corrected chi connectivity index (χ2v) is 7.91. The van der Waals surface area contributed by atoms with Crippen LogP contribution < -0.4 is 4.74 Å². The monoisotopic (exact) mass is 427 g/mol. The summed E-state index contributed by atoms with van der Waals surface area (Å²) < 4.78 is 13.3. The summed E-state index contributed by atoms with van der Waals surface area (Å²) in [6.45, 7) is 1.68. The molecule has 3 heterocycles. The highest BCUT2D eigenvalue weighted by atomic mass is 16.6. The van der Waals surface area contributed by atoms with Gasteiger partial charge in [0.1, 0.15) is 24.6 Å². The lowest BCUT2D eigenvalue weighted by Crippen LogP contribution is -2.30. The fraction of sp³-hybridized carbons (Fsp3) is 0.450. The lowest BCUT2D eigenvalue weighted by molar-refractivity contribution is -0.384. The Bertz CT molecular complexity index is 1150. The second-order valence-electron chi connectivity index (χ2n) is 7.91. The lowest BCUT2D eigenvalue weighted by Gasteiger charge is -2.25. The van der Waals surface area contributed by atoms with Crippen LogP contribution >= 0.6 is 0 Å². The number of nitro groups is 1. The number of aliphatic hydroxyl groups excluding tert-OH is 2. The number of aromatic nitrogens is 4. The van der Waals surface area contributed by atoms with Gasteiger partial charge >= 0.3 is 0 Å². The first-order valence-corrected chi connectivity index (χ1v) is 10.0. The molecule has 2 aromatic heterocycles. The standard InChI is InChI=1S/C20H21N5O6/c1-10-16(26)17(27)20(30-10)24-9-23-15-18(24)21-8-22-19(15)31-14-5-3-11-2-4-13(25(28)29)6-12(11)7-14/h2,4,6,8-10,14,16-17,20,26-27H,3,5,7H2,1H3/t10-,14?,16-,17-,20-/m1/s1. The number of hydrogen-bond donors (Lipinski definition) is 2. The summed E-state index contributed by atoms with van der Waals surface area (Å²) in [5.74, 6) is 0.295. The van der Waals surface area contributed by atoms with Crippen molar-refractivity contribution < 1.29 is 24.6 Å². The van der Waals surface area contributed by atoms with Crippen molar-refractivity contribution in [1.29, 1.82) is 0 Å². The summed E-state index contributed by atoms with van der Waals surface area (Å²) in [6.07, 6.45) is 1.15. The van der Waals surface area contributed by atoms with E-state index in [1.54, 1.807) is 23.6 Å². The van der Waals surface area contributed by atoms with Crippen LogP contribution in [0, 0.1) is 10.1 Å². The van der Waals surface area contributed by atoms with Gasteiger partial charge in [-0.2, -0.15) is 4.98 Å². The van der Waals surface area contributed by atoms with Gasteiger partial charge in [0, 0.05) is 18.6 Å². The second kappa shape index (κ2) is 7.52. The van der Waals surface area contributed by atoms with Crippen molar-refractivity contribution in [2.24, 2.45) is 0 Å². The van der Waals surface area contributed by atoms with Crippen LogP contribution in [0.3, 0.4) is 0 Å². The average Bonchev–Trinajstić information content (AvgIpc) is 3.30. The molecule has 1 saturated heterocycles. The maximum absolute atomic E-state index is 11.1. The Morgan fingerprint density at radius 1 is 1.23 bits per heavy atom. The number of fused-ring (bicyclic) bond motifs is 2. The molecule has 11 nitrogen and oxygen atoms in total. The molecule has 1 aliphatic carbocycles. The van der Waals surface area contributed by atoms with Gasteiger partial charge < -0.3 is 19.7 Å². The third-order valence-electron chi connectivity index (χ3n) is 5.94. The number of ether oxygens (including phenoxy) is 2. The molecule has 5 atom stereocenters. The van der Waals surface area contributed by atoms with Gasteiger partial charge in [-0.25, -0.2) is 9.97 Å². The minimum Gasteiger partial charge on any atom is -0.472 e. The number of non-ortho nitro benzene ring substituents is 1. The number of nitrogens with zero attached hydrogens (tertiary/aromatic N) is 5. The number of rotatable bonds is 4. The zero-order valence-corrected chi connectivity index (χ0v) is 16.7. The van der Waals surface area contributed by atoms with E-state index in [1.807, 2.05) is 0 Å². The molecule has 1 unspecified atom stereocenters. The molecule has 5 rings (SSSR count). The zero-order valence-electron chi connectivity index (χ0n) is 16.7. The fourth-order valence-corrected chi connectivity index (χ4v) is 4.24. The van der Waals surface area contributed by atoms with E-state index in [0.29, 0.717) is 23.5 Å². The molecule has 0 saturated carbocycles. The summed E-state index contributed by atoms with van der Waals surface area (Å²) in [6, 6.07) is 4.93. The highest BCUT2D eigenvalue weighted by Gasteiger charge is 2.42. The normalized spacial score (nSPS) is 27.9. The van der Waals surface area contributed by atoms with E-state index in [9.17, 15) is 20.3 Å². The molecule has 0 amide bonds. The Hall–Kier alpha value is -3.15. The van der Waals surface area contributed by atoms with Crippen LogP contribution in [-0.4, -0.2) is 59.1 Å². The summed E-state index contributed by atoms with van der Waals surface area (Å²) in [5.41, 5.74) is 2.88. The molecule has 162 valence electrons. The smallest absolute Gasteiger partial charge is 0.269 e. The Kier molecular flexibility index (Phi) is 4.80. The third-order valence-corrected chi connectivity index (χ3v) is 5.94. The van der Waals surface area contributed by atoms with Crippen LogP contribution in [0.4, 0.5) is 5.69 Å². The van der Waals surface area contributed by atoms with E-state index in [4.69, 9.17) is 9.47 Å². The predicted octanol–water partition coefficient (Wildman–Crippen LogP) is 1.31. The average molecular weight is 427 g/mol. The maximum Gasteiger partial charge on any atom is 0.269 e. The first kappa shape index (κ1) is 19.8. The third kappa shape index (κ3) is 3.40. The Balaban J connectivity index is 1.40. The van der Waals surface area contributed by atoms with Crippen LogP contribution in [0.15, 0.2) is 30.9 Å². The van der Waals surface area contributed by atoms with Crippen LogP contribution in [0.25, 0.3) is 11.2 Å². The van der Waals surface area contributed by atoms with E-state index in [2.05, 4.69) is 15.0 Å². The molecule has 0 bridgehead atoms. The molecule has 31 heavy (non-hydrogen) atoms. The number of nitro benzene ring substituents is 1. The van der Waals surface area contributed by atoms with Gasteiger partial charge in [0.2, 0.25) is 5.88 Å². The van der Waals surface area contributed by atoms with Gasteiger partial charge in [0.05, 0.1) is 17.4 Å². The van der Waals surface area contributed by atoms with Crippen LogP contribution in [0.5, 0.6) is 5.88 Å². The topological polar surface area (TPSA) is 146 Å². The Morgan fingerprint density at radius 3 is 2.81 bits per heavy atom. The van der Waals surface area contributed by atoms with Gasteiger partial charge in [0.25, 0.3) is 5.69 Å². The van der Waals surface area contributed by atoms with Crippen molar-refractivity contribution in [3.05, 3.63) is 52.1 Å². The molecule has 0 radical (unpaired) electrons. The quantitative estimate of drug-likeness (QED) is 0.465. The highest BCUT2D eigenvalue weighted by molar-refractivity contribution is 5.76. The Morgan fingerprint density at radius 2 is 2.06 bits per heavy atom. The number of aryl methyl sites for hydroxylation is 1. The van der Waals surface area contributed by atoms with Gasteiger partial charge in [-0.15, -0.1) is 0 Å². The summed E-state index contributed by atoms with van der Waals surface area (Å²) in [4.78, 5) is 23.5. The SMILES string of the molecule is C[C@H]1O[C@@H](n2cnc3c(OC4CCc5ccc([N+](=O)[O-])cc5C4)ncnc32)[C@H](O)[C@@H]1O. The van der Waals surface area contributed by atoms with E-state index < -0.39 is 29.5 Å². The van der Waals surface area contributed by atoms with Crippen molar-refractivity contribution in [1.82, 2.24) is 19.5 Å². The van der Waals surface area contributed by atoms with E-state index in [-0.39, 0.29) is 11.8 Å². The number of benzene rings is 1. The predicted molar refractivity (Wildman–Crippen MR) is 106 cm³/mol. The van der Waals surface area contributed by atoms with E-state index in [1.165, 1.54) is 18.7 Å². The maximum atomic E-state index is 11.1. The van der Waals surface area contributed by atoms with Crippen molar-refractivity contribution in [2.45, 2.75) is 56.8 Å². The van der Waals surface area contributed by atoms with Crippen molar-refractivity contribution in [3.8, 4) is 5.88 Å². The van der Waals surface area contributed by atoms with Gasteiger partial charge in [-0.3, -0.25) is 14.7 Å². The molecule has 2 aliphatic rings. The van der Waals surface area contributed by atoms with E-state index in [0.717, 1.165) is 24.0 Å². The minimum atomic E-state index is -1.11. The summed E-state index contributed by atoms with van der Waals surface area (Å²) in [7, 11) is 0. The number of hydrogen-bond acceptors (Lipinski definition) is 9. The molecular weight excluding hydrogens is 406 g/mol. The first-order valence-electron chi connectivity index (χ1n) is 10.0. The van der Waals surface area contributed by atoms with Crippen molar-refractivity contribution in [3.63, 3.8) is 0 Å². The highest BCUT2D eigenvalue weighted by Crippen LogP contribution is 2.33. The molecule has 1 aromatic carbocycles. The molecular formula is C20H21N5O6. The van der Waals surface area contributed by atoms with Gasteiger partial charge in [0.15, 0.2) is 17.4 Å². The molecule has 1 fully saturated rings. The lowest BCUT2D eigenvalue weighted by atomic mass is 9.89. The van der Waals surface area contributed by atoms with Gasteiger partial charge in [-0.05, 0) is 30.9 Å². The molecule has 11 heteroatoms. The minimum absolute atomic E-state index is 0.0640. The molecule has 3 aromatic rings. The first-order chi connectivity index (χ1) is 14.9. The summed E-state index contributed by atoms with van der Waals surface area (Å²) >= 11 is 0. The van der Waals surface area contributed by atoms with Crippen molar-refractivity contribution in [2.75, 3.05) is 0 Å². The van der Waals surface area contributed by atoms with Crippen molar-refractivity contribution >= 4 is 16.9 Å². The molecule has 1 aliphatic heterocycles. The summed E-state index contributed by atoms with van der Waals surface area (Å²) in [5, 5.41) is 31.4. The Labute approximate surface area is 176 Å². The number of imidazole rings is 1. The van der Waals surface area contributed by atoms with Crippen LogP contribution in [0.1, 0.15) is 30.7 Å². The van der Waals surface area contributed by atoms with Crippen LogP contribution in [-0.2, 0) is 17.6 Å². The molecule has 0 spiro atoms. The van der Waals surface area contributed by atoms with Gasteiger partial charge in [-0.1, -0.05) is 6.07 Å². The zero-order chi connectivity index (χ0) is 21.7. The largest absolute Gasteiger partial charge is 0.472 e. The molecule has 2 N–H and O–H groups in total. The number of aliphatic hydroxyl groups is 2.